The average molecular weight is 489 g/mol. The molecule has 0 bridgehead atoms. The molecule has 2 amide bonds. The van der Waals surface area contributed by atoms with Crippen molar-refractivity contribution in [3.8, 4) is 5.75 Å². The lowest BCUT2D eigenvalue weighted by atomic mass is 9.46. The third-order valence-corrected chi connectivity index (χ3v) is 8.39. The van der Waals surface area contributed by atoms with E-state index in [2.05, 4.69) is 24.1 Å². The first-order chi connectivity index (χ1) is 16.7. The summed E-state index contributed by atoms with van der Waals surface area (Å²) in [4.78, 5) is 25.2. The normalized spacial score (nSPS) is 32.1. The second kappa shape index (κ2) is 11.4. The largest absolute Gasteiger partial charge is 0.496 e. The topological polar surface area (TPSA) is 117 Å². The molecule has 0 radical (unpaired) electrons. The molecular formula is C27H40N2O6. The van der Waals surface area contributed by atoms with E-state index in [1.54, 1.807) is 13.2 Å². The molecule has 0 spiro atoms. The molecule has 8 heteroatoms. The van der Waals surface area contributed by atoms with Crippen LogP contribution in [0.5, 0.6) is 5.75 Å². The maximum atomic E-state index is 13.0. The van der Waals surface area contributed by atoms with Crippen molar-refractivity contribution < 1.29 is 29.3 Å². The predicted octanol–water partition coefficient (Wildman–Crippen LogP) is 3.17. The zero-order valence-corrected chi connectivity index (χ0v) is 21.1. The number of carbonyl (C=O) groups excluding carboxylic acids is 2. The SMILES string of the molecule is C=CCNC(=O)OC1CCC2(C)C(CC(=O)NCc3ccccc3OC)C(O)CCC2C1(C)CO. The lowest BCUT2D eigenvalue weighted by Crippen LogP contribution is -2.61. The van der Waals surface area contributed by atoms with Crippen molar-refractivity contribution in [3.05, 3.63) is 42.5 Å². The summed E-state index contributed by atoms with van der Waals surface area (Å²) in [6, 6.07) is 7.54. The van der Waals surface area contributed by atoms with Crippen LogP contribution in [-0.2, 0) is 16.1 Å². The van der Waals surface area contributed by atoms with E-state index in [0.29, 0.717) is 44.5 Å². The molecule has 6 atom stereocenters. The molecule has 2 aliphatic carbocycles. The number of methoxy groups -OCH3 is 1. The van der Waals surface area contributed by atoms with Crippen LogP contribution in [0.4, 0.5) is 4.79 Å². The minimum atomic E-state index is -0.676. The Morgan fingerprint density at radius 1 is 1.20 bits per heavy atom. The van der Waals surface area contributed by atoms with Crippen molar-refractivity contribution in [2.45, 2.75) is 64.7 Å². The first-order valence-electron chi connectivity index (χ1n) is 12.4. The van der Waals surface area contributed by atoms with Gasteiger partial charge in [0.25, 0.3) is 0 Å². The van der Waals surface area contributed by atoms with Crippen molar-refractivity contribution >= 4 is 12.0 Å². The van der Waals surface area contributed by atoms with Crippen molar-refractivity contribution in [2.75, 3.05) is 20.3 Å². The number of nitrogens with one attached hydrogen (secondary N) is 2. The molecule has 2 aliphatic rings. The molecule has 1 aromatic rings. The van der Waals surface area contributed by atoms with Crippen LogP contribution in [0.15, 0.2) is 36.9 Å². The van der Waals surface area contributed by atoms with E-state index in [9.17, 15) is 19.8 Å². The van der Waals surface area contributed by atoms with Crippen LogP contribution in [0.25, 0.3) is 0 Å². The monoisotopic (exact) mass is 488 g/mol. The molecule has 0 aromatic heterocycles. The Bertz CT molecular complexity index is 907. The van der Waals surface area contributed by atoms with Crippen molar-refractivity contribution in [3.63, 3.8) is 0 Å². The molecule has 1 aromatic carbocycles. The summed E-state index contributed by atoms with van der Waals surface area (Å²) >= 11 is 0. The van der Waals surface area contributed by atoms with Gasteiger partial charge in [0.15, 0.2) is 0 Å². The van der Waals surface area contributed by atoms with Gasteiger partial charge in [0, 0.05) is 30.5 Å². The van der Waals surface area contributed by atoms with Crippen LogP contribution in [0.3, 0.4) is 0 Å². The van der Waals surface area contributed by atoms with Crippen LogP contribution in [0.1, 0.15) is 51.5 Å². The number of rotatable bonds is 9. The third-order valence-electron chi connectivity index (χ3n) is 8.39. The van der Waals surface area contributed by atoms with Gasteiger partial charge in [-0.25, -0.2) is 4.79 Å². The maximum absolute atomic E-state index is 13.0. The number of hydrogen-bond donors (Lipinski definition) is 4. The lowest BCUT2D eigenvalue weighted by Gasteiger charge is -2.60. The van der Waals surface area contributed by atoms with Crippen molar-refractivity contribution in [2.24, 2.45) is 22.7 Å². The Morgan fingerprint density at radius 3 is 2.63 bits per heavy atom. The highest BCUT2D eigenvalue weighted by Crippen LogP contribution is 2.61. The van der Waals surface area contributed by atoms with E-state index < -0.39 is 23.7 Å². The van der Waals surface area contributed by atoms with Crippen LogP contribution >= 0.6 is 0 Å². The van der Waals surface area contributed by atoms with Gasteiger partial charge in [-0.3, -0.25) is 4.79 Å². The van der Waals surface area contributed by atoms with E-state index in [1.807, 2.05) is 31.2 Å². The van der Waals surface area contributed by atoms with E-state index >= 15 is 0 Å². The Labute approximate surface area is 208 Å². The molecule has 0 heterocycles. The van der Waals surface area contributed by atoms with Gasteiger partial charge < -0.3 is 30.3 Å². The molecular weight excluding hydrogens is 448 g/mol. The average Bonchev–Trinajstić information content (AvgIpc) is 2.85. The molecule has 4 N–H and O–H groups in total. The van der Waals surface area contributed by atoms with Crippen LogP contribution in [0, 0.1) is 22.7 Å². The fraction of sp³-hybridized carbons (Fsp3) is 0.630. The summed E-state index contributed by atoms with van der Waals surface area (Å²) in [7, 11) is 1.60. The third kappa shape index (κ3) is 5.64. The first kappa shape index (κ1) is 27.0. The zero-order valence-electron chi connectivity index (χ0n) is 21.1. The summed E-state index contributed by atoms with van der Waals surface area (Å²) in [5.41, 5.74) is -0.170. The number of aliphatic hydroxyl groups excluding tert-OH is 2. The predicted molar refractivity (Wildman–Crippen MR) is 133 cm³/mol. The van der Waals surface area contributed by atoms with Gasteiger partial charge in [-0.15, -0.1) is 6.58 Å². The van der Waals surface area contributed by atoms with E-state index in [4.69, 9.17) is 9.47 Å². The zero-order chi connectivity index (χ0) is 25.6. The molecule has 0 saturated heterocycles. The minimum absolute atomic E-state index is 0.0126. The highest BCUT2D eigenvalue weighted by atomic mass is 16.6. The Balaban J connectivity index is 1.73. The summed E-state index contributed by atoms with van der Waals surface area (Å²) < 4.78 is 11.1. The van der Waals surface area contributed by atoms with E-state index in [0.717, 1.165) is 5.56 Å². The van der Waals surface area contributed by atoms with E-state index in [1.165, 1.54) is 0 Å². The number of aliphatic hydroxyl groups is 2. The molecule has 2 fully saturated rings. The minimum Gasteiger partial charge on any atom is -0.496 e. The number of para-hydroxylation sites is 1. The standard InChI is InChI=1S/C27H40N2O6/c1-5-14-28-25(33)35-23-12-13-26(2)19(20(31)10-11-22(26)27(23,3)17-30)15-24(32)29-16-18-8-6-7-9-21(18)34-4/h5-9,19-20,22-23,30-31H,1,10-17H2,2-4H3,(H,28,33)(H,29,32). The van der Waals surface area contributed by atoms with Gasteiger partial charge in [0.1, 0.15) is 11.9 Å². The number of amides is 2. The number of ether oxygens (including phenoxy) is 2. The Kier molecular flexibility index (Phi) is 8.83. The molecule has 194 valence electrons. The number of carbonyl (C=O) groups is 2. The number of hydrogen-bond acceptors (Lipinski definition) is 6. The summed E-state index contributed by atoms with van der Waals surface area (Å²) in [6.45, 7) is 8.17. The summed E-state index contributed by atoms with van der Waals surface area (Å²) in [5, 5.41) is 27.1. The number of alkyl carbamates (subject to hydrolysis) is 1. The molecule has 0 aliphatic heterocycles. The molecule has 8 nitrogen and oxygen atoms in total. The van der Waals surface area contributed by atoms with Gasteiger partial charge >= 0.3 is 6.09 Å². The van der Waals surface area contributed by atoms with Crippen molar-refractivity contribution in [1.82, 2.24) is 10.6 Å². The van der Waals surface area contributed by atoms with Gasteiger partial charge in [-0.2, -0.15) is 0 Å². The van der Waals surface area contributed by atoms with E-state index in [-0.39, 0.29) is 36.2 Å². The van der Waals surface area contributed by atoms with Crippen LogP contribution in [0.2, 0.25) is 0 Å². The highest BCUT2D eigenvalue weighted by molar-refractivity contribution is 5.76. The number of benzene rings is 1. The second-order valence-corrected chi connectivity index (χ2v) is 10.4. The quantitative estimate of drug-likeness (QED) is 0.397. The van der Waals surface area contributed by atoms with Crippen LogP contribution in [-0.4, -0.2) is 54.7 Å². The maximum Gasteiger partial charge on any atom is 0.407 e. The van der Waals surface area contributed by atoms with Crippen molar-refractivity contribution in [1.29, 1.82) is 0 Å². The number of fused-ring (bicyclic) bond motifs is 1. The highest BCUT2D eigenvalue weighted by Gasteiger charge is 2.60. The van der Waals surface area contributed by atoms with Gasteiger partial charge in [-0.1, -0.05) is 38.1 Å². The van der Waals surface area contributed by atoms with Gasteiger partial charge in [0.05, 0.1) is 19.8 Å². The Morgan fingerprint density at radius 2 is 1.94 bits per heavy atom. The smallest absolute Gasteiger partial charge is 0.407 e. The second-order valence-electron chi connectivity index (χ2n) is 10.4. The summed E-state index contributed by atoms with van der Waals surface area (Å²) in [6.07, 6.45) is 2.66. The fourth-order valence-electron chi connectivity index (χ4n) is 6.42. The fourth-order valence-corrected chi connectivity index (χ4v) is 6.42. The Hall–Kier alpha value is -2.58. The lowest BCUT2D eigenvalue weighted by molar-refractivity contribution is -0.185. The van der Waals surface area contributed by atoms with Gasteiger partial charge in [-0.05, 0) is 49.0 Å². The summed E-state index contributed by atoms with van der Waals surface area (Å²) in [5.74, 6) is 0.308. The molecule has 3 rings (SSSR count). The van der Waals surface area contributed by atoms with Crippen LogP contribution < -0.4 is 15.4 Å². The molecule has 6 unspecified atom stereocenters. The van der Waals surface area contributed by atoms with Gasteiger partial charge in [0.2, 0.25) is 5.91 Å². The molecule has 35 heavy (non-hydrogen) atoms. The molecule has 2 saturated carbocycles. The first-order valence-corrected chi connectivity index (χ1v) is 12.4.